The molecular weight excluding hydrogens is 286 g/mol. The van der Waals surface area contributed by atoms with Gasteiger partial charge < -0.3 is 15.5 Å². The van der Waals surface area contributed by atoms with Gasteiger partial charge in [0, 0.05) is 6.42 Å². The van der Waals surface area contributed by atoms with Gasteiger partial charge in [-0.1, -0.05) is 25.0 Å². The lowest BCUT2D eigenvalue weighted by molar-refractivity contribution is -0.140. The average molecular weight is 305 g/mol. The Bertz CT molecular complexity index is 590. The molecule has 3 N–H and O–H groups in total. The fourth-order valence-corrected chi connectivity index (χ4v) is 3.18. The van der Waals surface area contributed by atoms with Gasteiger partial charge in [-0.2, -0.15) is 0 Å². The molecule has 6 nitrogen and oxygen atoms in total. The van der Waals surface area contributed by atoms with Crippen LogP contribution in [0.25, 0.3) is 0 Å². The summed E-state index contributed by atoms with van der Waals surface area (Å²) in [5, 5.41) is 20.8. The first kappa shape index (κ1) is 16.0. The number of anilines is 1. The third-order valence-corrected chi connectivity index (χ3v) is 4.16. The highest BCUT2D eigenvalue weighted by Crippen LogP contribution is 2.44. The van der Waals surface area contributed by atoms with E-state index in [4.69, 9.17) is 10.2 Å². The summed E-state index contributed by atoms with van der Waals surface area (Å²) >= 11 is 0. The molecule has 0 radical (unpaired) electrons. The Balaban J connectivity index is 2.09. The van der Waals surface area contributed by atoms with Crippen LogP contribution in [0.1, 0.15) is 48.9 Å². The Labute approximate surface area is 128 Å². The maximum atomic E-state index is 12.2. The minimum atomic E-state index is -1.11. The van der Waals surface area contributed by atoms with Crippen molar-refractivity contribution in [3.8, 4) is 0 Å². The Hall–Kier alpha value is -2.37. The van der Waals surface area contributed by atoms with E-state index in [9.17, 15) is 14.4 Å². The van der Waals surface area contributed by atoms with Gasteiger partial charge in [-0.05, 0) is 30.4 Å². The highest BCUT2D eigenvalue weighted by atomic mass is 16.4. The number of carboxylic acids is 2. The Kier molecular flexibility index (Phi) is 4.80. The monoisotopic (exact) mass is 305 g/mol. The summed E-state index contributed by atoms with van der Waals surface area (Å²) in [5.74, 6) is -2.35. The predicted octanol–water partition coefficient (Wildman–Crippen LogP) is 2.75. The number of aromatic carboxylic acids is 1. The molecule has 0 saturated heterocycles. The van der Waals surface area contributed by atoms with Gasteiger partial charge in [-0.3, -0.25) is 9.59 Å². The van der Waals surface area contributed by atoms with E-state index in [1.54, 1.807) is 12.1 Å². The predicted molar refractivity (Wildman–Crippen MR) is 79.8 cm³/mol. The molecule has 0 heterocycles. The SMILES string of the molecule is O=C(O)CC1(CC(=O)Nc2ccccc2C(=O)O)CCCC1. The van der Waals surface area contributed by atoms with Crippen molar-refractivity contribution in [2.24, 2.45) is 5.41 Å². The highest BCUT2D eigenvalue weighted by molar-refractivity contribution is 6.00. The van der Waals surface area contributed by atoms with Gasteiger partial charge in [0.2, 0.25) is 5.91 Å². The van der Waals surface area contributed by atoms with Crippen LogP contribution in [0, 0.1) is 5.41 Å². The lowest BCUT2D eigenvalue weighted by Crippen LogP contribution is -2.28. The van der Waals surface area contributed by atoms with Crippen LogP contribution in [0.5, 0.6) is 0 Å². The minimum Gasteiger partial charge on any atom is -0.481 e. The third-order valence-electron chi connectivity index (χ3n) is 4.16. The van der Waals surface area contributed by atoms with Crippen LogP contribution in [0.2, 0.25) is 0 Å². The van der Waals surface area contributed by atoms with E-state index in [1.807, 2.05) is 0 Å². The first-order valence-corrected chi connectivity index (χ1v) is 7.26. The average Bonchev–Trinajstić information content (AvgIpc) is 2.85. The van der Waals surface area contributed by atoms with Crippen molar-refractivity contribution < 1.29 is 24.6 Å². The summed E-state index contributed by atoms with van der Waals surface area (Å²) in [7, 11) is 0. The molecule has 1 aliphatic carbocycles. The Morgan fingerprint density at radius 3 is 2.27 bits per heavy atom. The summed E-state index contributed by atoms with van der Waals surface area (Å²) in [6.07, 6.45) is 3.35. The molecule has 22 heavy (non-hydrogen) atoms. The lowest BCUT2D eigenvalue weighted by Gasteiger charge is -2.26. The number of hydrogen-bond acceptors (Lipinski definition) is 3. The van der Waals surface area contributed by atoms with Gasteiger partial charge in [0.05, 0.1) is 17.7 Å². The van der Waals surface area contributed by atoms with E-state index in [2.05, 4.69) is 5.32 Å². The van der Waals surface area contributed by atoms with Crippen LogP contribution in [0.15, 0.2) is 24.3 Å². The summed E-state index contributed by atoms with van der Waals surface area (Å²) in [5.41, 5.74) is -0.244. The van der Waals surface area contributed by atoms with Crippen molar-refractivity contribution >= 4 is 23.5 Å². The number of carbonyl (C=O) groups excluding carboxylic acids is 1. The maximum Gasteiger partial charge on any atom is 0.337 e. The van der Waals surface area contributed by atoms with E-state index >= 15 is 0 Å². The van der Waals surface area contributed by atoms with Gasteiger partial charge in [0.15, 0.2) is 0 Å². The van der Waals surface area contributed by atoms with Crippen molar-refractivity contribution in [3.63, 3.8) is 0 Å². The second-order valence-electron chi connectivity index (χ2n) is 5.85. The van der Waals surface area contributed by atoms with Crippen LogP contribution in [0.4, 0.5) is 5.69 Å². The zero-order valence-electron chi connectivity index (χ0n) is 12.2. The molecule has 0 spiro atoms. The Morgan fingerprint density at radius 2 is 1.68 bits per heavy atom. The molecule has 0 unspecified atom stereocenters. The fraction of sp³-hybridized carbons (Fsp3) is 0.438. The molecule has 1 amide bonds. The standard InChI is InChI=1S/C16H19NO5/c18-13(9-16(10-14(19)20)7-3-4-8-16)17-12-6-2-1-5-11(12)15(21)22/h1-2,5-6H,3-4,7-10H2,(H,17,18)(H,19,20)(H,21,22). The number of carbonyl (C=O) groups is 3. The first-order valence-electron chi connectivity index (χ1n) is 7.26. The summed E-state index contributed by atoms with van der Waals surface area (Å²) in [6, 6.07) is 6.17. The maximum absolute atomic E-state index is 12.2. The highest BCUT2D eigenvalue weighted by Gasteiger charge is 2.38. The van der Waals surface area contributed by atoms with Gasteiger partial charge in [0.25, 0.3) is 0 Å². The van der Waals surface area contributed by atoms with E-state index in [-0.39, 0.29) is 30.0 Å². The van der Waals surface area contributed by atoms with Crippen LogP contribution in [-0.2, 0) is 9.59 Å². The number of benzene rings is 1. The number of aliphatic carboxylic acids is 1. The molecule has 1 aromatic carbocycles. The molecule has 1 saturated carbocycles. The molecule has 6 heteroatoms. The zero-order chi connectivity index (χ0) is 16.2. The molecule has 0 atom stereocenters. The molecular formula is C16H19NO5. The van der Waals surface area contributed by atoms with Crippen molar-refractivity contribution in [2.75, 3.05) is 5.32 Å². The number of amides is 1. The molecule has 2 rings (SSSR count). The largest absolute Gasteiger partial charge is 0.481 e. The number of hydrogen-bond donors (Lipinski definition) is 3. The van der Waals surface area contributed by atoms with E-state index in [1.165, 1.54) is 12.1 Å². The van der Waals surface area contributed by atoms with Crippen LogP contribution in [-0.4, -0.2) is 28.1 Å². The third kappa shape index (κ3) is 3.84. The van der Waals surface area contributed by atoms with Crippen LogP contribution >= 0.6 is 0 Å². The van der Waals surface area contributed by atoms with E-state index < -0.39 is 17.4 Å². The molecule has 0 bridgehead atoms. The van der Waals surface area contributed by atoms with Crippen LogP contribution < -0.4 is 5.32 Å². The second kappa shape index (κ2) is 6.60. The lowest BCUT2D eigenvalue weighted by atomic mass is 9.79. The normalized spacial score (nSPS) is 16.2. The zero-order valence-corrected chi connectivity index (χ0v) is 12.2. The smallest absolute Gasteiger partial charge is 0.337 e. The Morgan fingerprint density at radius 1 is 1.05 bits per heavy atom. The quantitative estimate of drug-likeness (QED) is 0.749. The fourth-order valence-electron chi connectivity index (χ4n) is 3.18. The summed E-state index contributed by atoms with van der Waals surface area (Å²) in [6.45, 7) is 0. The second-order valence-corrected chi connectivity index (χ2v) is 5.85. The van der Waals surface area contributed by atoms with E-state index in [0.717, 1.165) is 12.8 Å². The number of rotatable bonds is 6. The summed E-state index contributed by atoms with van der Waals surface area (Å²) in [4.78, 5) is 34.4. The van der Waals surface area contributed by atoms with Gasteiger partial charge in [-0.15, -0.1) is 0 Å². The van der Waals surface area contributed by atoms with Crippen molar-refractivity contribution in [1.82, 2.24) is 0 Å². The van der Waals surface area contributed by atoms with E-state index in [0.29, 0.717) is 12.8 Å². The molecule has 0 aliphatic heterocycles. The van der Waals surface area contributed by atoms with Gasteiger partial charge >= 0.3 is 11.9 Å². The van der Waals surface area contributed by atoms with Gasteiger partial charge in [0.1, 0.15) is 0 Å². The number of para-hydroxylation sites is 1. The van der Waals surface area contributed by atoms with Crippen molar-refractivity contribution in [2.45, 2.75) is 38.5 Å². The number of nitrogens with one attached hydrogen (secondary N) is 1. The van der Waals surface area contributed by atoms with Gasteiger partial charge in [-0.25, -0.2) is 4.79 Å². The minimum absolute atomic E-state index is 0.0227. The molecule has 0 aromatic heterocycles. The first-order chi connectivity index (χ1) is 10.4. The molecule has 1 aromatic rings. The van der Waals surface area contributed by atoms with Crippen molar-refractivity contribution in [1.29, 1.82) is 0 Å². The van der Waals surface area contributed by atoms with Crippen LogP contribution in [0.3, 0.4) is 0 Å². The molecule has 1 aliphatic rings. The summed E-state index contributed by atoms with van der Waals surface area (Å²) < 4.78 is 0. The number of carboxylic acid groups (broad SMARTS) is 2. The molecule has 118 valence electrons. The molecule has 1 fully saturated rings. The topological polar surface area (TPSA) is 104 Å². The van der Waals surface area contributed by atoms with Crippen molar-refractivity contribution in [3.05, 3.63) is 29.8 Å².